The van der Waals surface area contributed by atoms with Crippen molar-refractivity contribution in [3.05, 3.63) is 102 Å². The molecule has 0 saturated carbocycles. The highest BCUT2D eigenvalue weighted by molar-refractivity contribution is 6.04. The van der Waals surface area contributed by atoms with Crippen molar-refractivity contribution in [3.8, 4) is 17.2 Å². The van der Waals surface area contributed by atoms with Crippen LogP contribution in [-0.4, -0.2) is 37.4 Å². The zero-order chi connectivity index (χ0) is 25.5. The molecular formula is C28H24N2O6. The van der Waals surface area contributed by atoms with Crippen LogP contribution in [0, 0.1) is 0 Å². The number of esters is 1. The van der Waals surface area contributed by atoms with E-state index in [1.807, 2.05) is 30.3 Å². The molecule has 0 aromatic heterocycles. The van der Waals surface area contributed by atoms with Crippen LogP contribution in [0.1, 0.15) is 27.6 Å². The Morgan fingerprint density at radius 3 is 2.31 bits per heavy atom. The first-order valence-corrected chi connectivity index (χ1v) is 11.0. The summed E-state index contributed by atoms with van der Waals surface area (Å²) in [4.78, 5) is 25.3. The van der Waals surface area contributed by atoms with Crippen LogP contribution < -0.4 is 19.6 Å². The van der Waals surface area contributed by atoms with Gasteiger partial charge in [0.15, 0.2) is 17.6 Å². The molecule has 0 bridgehead atoms. The summed E-state index contributed by atoms with van der Waals surface area (Å²) in [6.07, 6.45) is 0.00744. The summed E-state index contributed by atoms with van der Waals surface area (Å²) in [7, 11) is 2.99. The Morgan fingerprint density at radius 1 is 0.861 bits per heavy atom. The van der Waals surface area contributed by atoms with Gasteiger partial charge in [-0.2, -0.15) is 5.10 Å². The Hall–Kier alpha value is -4.69. The SMILES string of the molecule is COc1ccc(C(=O)Oc2ccc3ccccc3c2C=NNC(=O)C(O)c2ccccc2)cc1OC. The van der Waals surface area contributed by atoms with Gasteiger partial charge in [-0.25, -0.2) is 10.2 Å². The predicted octanol–water partition coefficient (Wildman–Crippen LogP) is 4.26. The zero-order valence-electron chi connectivity index (χ0n) is 19.7. The number of ether oxygens (including phenoxy) is 3. The molecule has 0 aliphatic heterocycles. The van der Waals surface area contributed by atoms with Crippen molar-refractivity contribution in [2.24, 2.45) is 5.10 Å². The fourth-order valence-corrected chi connectivity index (χ4v) is 3.63. The number of nitrogens with zero attached hydrogens (tertiary/aromatic N) is 1. The first kappa shape index (κ1) is 24.4. The van der Waals surface area contributed by atoms with Crippen LogP contribution in [-0.2, 0) is 4.79 Å². The maximum absolute atomic E-state index is 12.9. The number of nitrogens with one attached hydrogen (secondary N) is 1. The van der Waals surface area contributed by atoms with E-state index < -0.39 is 18.0 Å². The Kier molecular flexibility index (Phi) is 7.57. The molecule has 0 aliphatic rings. The van der Waals surface area contributed by atoms with Crippen LogP contribution in [0.3, 0.4) is 0 Å². The number of aliphatic hydroxyl groups excluding tert-OH is 1. The summed E-state index contributed by atoms with van der Waals surface area (Å²) >= 11 is 0. The van der Waals surface area contributed by atoms with Gasteiger partial charge in [0.25, 0.3) is 5.91 Å². The number of hydrazone groups is 1. The van der Waals surface area contributed by atoms with Crippen molar-refractivity contribution in [1.82, 2.24) is 5.43 Å². The largest absolute Gasteiger partial charge is 0.493 e. The van der Waals surface area contributed by atoms with Gasteiger partial charge in [-0.3, -0.25) is 4.79 Å². The van der Waals surface area contributed by atoms with Crippen LogP contribution in [0.2, 0.25) is 0 Å². The van der Waals surface area contributed by atoms with E-state index in [1.54, 1.807) is 48.5 Å². The number of fused-ring (bicyclic) bond motifs is 1. The number of methoxy groups -OCH3 is 2. The van der Waals surface area contributed by atoms with Crippen LogP contribution in [0.15, 0.2) is 90.0 Å². The predicted molar refractivity (Wildman–Crippen MR) is 136 cm³/mol. The lowest BCUT2D eigenvalue weighted by atomic mass is 10.0. The first-order chi connectivity index (χ1) is 17.5. The Labute approximate surface area is 207 Å². The third-order valence-corrected chi connectivity index (χ3v) is 5.48. The number of rotatable bonds is 8. The molecule has 1 amide bonds. The van der Waals surface area contributed by atoms with Gasteiger partial charge in [0.05, 0.1) is 26.0 Å². The summed E-state index contributed by atoms with van der Waals surface area (Å²) in [5, 5.41) is 15.9. The average Bonchev–Trinajstić information content (AvgIpc) is 2.93. The highest BCUT2D eigenvalue weighted by Gasteiger charge is 2.18. The summed E-state index contributed by atoms with van der Waals surface area (Å²) in [6.45, 7) is 0. The van der Waals surface area contributed by atoms with Crippen LogP contribution in [0.4, 0.5) is 0 Å². The Morgan fingerprint density at radius 2 is 1.56 bits per heavy atom. The van der Waals surface area contributed by atoms with Crippen molar-refractivity contribution < 1.29 is 28.9 Å². The van der Waals surface area contributed by atoms with E-state index in [4.69, 9.17) is 14.2 Å². The molecule has 182 valence electrons. The van der Waals surface area contributed by atoms with Gasteiger partial charge in [-0.15, -0.1) is 0 Å². The number of carbonyl (C=O) groups excluding carboxylic acids is 2. The fraction of sp³-hybridized carbons (Fsp3) is 0.107. The number of hydrogen-bond acceptors (Lipinski definition) is 7. The molecule has 0 radical (unpaired) electrons. The minimum Gasteiger partial charge on any atom is -0.493 e. The second-order valence-corrected chi connectivity index (χ2v) is 7.71. The van der Waals surface area contributed by atoms with Gasteiger partial charge in [0, 0.05) is 5.56 Å². The molecule has 8 heteroatoms. The molecule has 2 N–H and O–H groups in total. The molecule has 8 nitrogen and oxygen atoms in total. The maximum Gasteiger partial charge on any atom is 0.343 e. The summed E-state index contributed by atoms with van der Waals surface area (Å²) in [6, 6.07) is 24.2. The molecule has 1 atom stereocenters. The quantitative estimate of drug-likeness (QED) is 0.168. The van der Waals surface area contributed by atoms with E-state index in [-0.39, 0.29) is 11.3 Å². The number of benzene rings is 4. The molecule has 0 heterocycles. The number of amides is 1. The molecule has 0 saturated heterocycles. The lowest BCUT2D eigenvalue weighted by molar-refractivity contribution is -0.129. The van der Waals surface area contributed by atoms with Crippen molar-refractivity contribution in [1.29, 1.82) is 0 Å². The molecule has 4 rings (SSSR count). The highest BCUT2D eigenvalue weighted by atomic mass is 16.5. The van der Waals surface area contributed by atoms with Crippen molar-refractivity contribution in [3.63, 3.8) is 0 Å². The highest BCUT2D eigenvalue weighted by Crippen LogP contribution is 2.30. The topological polar surface area (TPSA) is 106 Å². The molecule has 36 heavy (non-hydrogen) atoms. The zero-order valence-corrected chi connectivity index (χ0v) is 19.7. The van der Waals surface area contributed by atoms with Gasteiger partial charge in [-0.05, 0) is 40.6 Å². The van der Waals surface area contributed by atoms with E-state index in [0.717, 1.165) is 10.8 Å². The van der Waals surface area contributed by atoms with E-state index in [1.165, 1.54) is 26.5 Å². The van der Waals surface area contributed by atoms with E-state index in [9.17, 15) is 14.7 Å². The van der Waals surface area contributed by atoms with Crippen molar-refractivity contribution >= 4 is 28.9 Å². The summed E-state index contributed by atoms with van der Waals surface area (Å²) < 4.78 is 16.2. The Bertz CT molecular complexity index is 1420. The van der Waals surface area contributed by atoms with Crippen LogP contribution >= 0.6 is 0 Å². The van der Waals surface area contributed by atoms with Crippen LogP contribution in [0.25, 0.3) is 10.8 Å². The van der Waals surface area contributed by atoms with Gasteiger partial charge < -0.3 is 19.3 Å². The number of aliphatic hydroxyl groups is 1. The second-order valence-electron chi connectivity index (χ2n) is 7.71. The minimum absolute atomic E-state index is 0.245. The summed E-state index contributed by atoms with van der Waals surface area (Å²) in [5.41, 5.74) is 3.54. The Balaban J connectivity index is 1.60. The second kappa shape index (κ2) is 11.2. The van der Waals surface area contributed by atoms with E-state index >= 15 is 0 Å². The van der Waals surface area contributed by atoms with Gasteiger partial charge in [-0.1, -0.05) is 60.7 Å². The minimum atomic E-state index is -1.38. The third-order valence-electron chi connectivity index (χ3n) is 5.48. The maximum atomic E-state index is 12.9. The molecule has 0 spiro atoms. The van der Waals surface area contributed by atoms with E-state index in [0.29, 0.717) is 22.6 Å². The van der Waals surface area contributed by atoms with E-state index in [2.05, 4.69) is 10.5 Å². The molecule has 1 unspecified atom stereocenters. The standard InChI is InChI=1S/C28H24N2O6/c1-34-24-15-13-20(16-25(24)35-2)28(33)36-23-14-12-18-8-6-7-11-21(18)22(23)17-29-30-27(32)26(31)19-9-4-3-5-10-19/h3-17,26,31H,1-2H3,(H,30,32). The molecule has 0 aliphatic carbocycles. The fourth-order valence-electron chi connectivity index (χ4n) is 3.63. The number of carbonyl (C=O) groups is 2. The molecule has 0 fully saturated rings. The lowest BCUT2D eigenvalue weighted by Crippen LogP contribution is -2.25. The molecule has 4 aromatic rings. The third kappa shape index (κ3) is 5.34. The molecule has 4 aromatic carbocycles. The van der Waals surface area contributed by atoms with Crippen molar-refractivity contribution in [2.45, 2.75) is 6.10 Å². The molecular weight excluding hydrogens is 460 g/mol. The van der Waals surface area contributed by atoms with Crippen LogP contribution in [0.5, 0.6) is 17.2 Å². The van der Waals surface area contributed by atoms with Gasteiger partial charge in [0.1, 0.15) is 5.75 Å². The first-order valence-electron chi connectivity index (χ1n) is 11.0. The smallest absolute Gasteiger partial charge is 0.343 e. The van der Waals surface area contributed by atoms with Crippen molar-refractivity contribution in [2.75, 3.05) is 14.2 Å². The summed E-state index contributed by atoms with van der Waals surface area (Å²) in [5.74, 6) is -0.172. The monoisotopic (exact) mass is 484 g/mol. The normalized spacial score (nSPS) is 11.8. The lowest BCUT2D eigenvalue weighted by Gasteiger charge is -2.12. The number of hydrogen-bond donors (Lipinski definition) is 2. The average molecular weight is 485 g/mol. The van der Waals surface area contributed by atoms with Gasteiger partial charge >= 0.3 is 5.97 Å². The van der Waals surface area contributed by atoms with Gasteiger partial charge in [0.2, 0.25) is 0 Å².